The van der Waals surface area contributed by atoms with Gasteiger partial charge in [-0.15, -0.1) is 5.10 Å². The molecule has 1 aromatic carbocycles. The van der Waals surface area contributed by atoms with E-state index in [2.05, 4.69) is 49.3 Å². The lowest BCUT2D eigenvalue weighted by molar-refractivity contribution is 0.223. The van der Waals surface area contributed by atoms with Crippen molar-refractivity contribution in [2.75, 3.05) is 5.73 Å². The van der Waals surface area contributed by atoms with Crippen LogP contribution < -0.4 is 5.73 Å². The van der Waals surface area contributed by atoms with Gasteiger partial charge < -0.3 is 5.73 Å². The van der Waals surface area contributed by atoms with Crippen molar-refractivity contribution in [3.63, 3.8) is 0 Å². The van der Waals surface area contributed by atoms with E-state index in [-0.39, 0.29) is 5.54 Å². The highest BCUT2D eigenvalue weighted by molar-refractivity contribution is 5.67. The van der Waals surface area contributed by atoms with Crippen LogP contribution in [0.3, 0.4) is 0 Å². The number of hydrogen-bond donors (Lipinski definition) is 1. The van der Waals surface area contributed by atoms with Crippen LogP contribution in [0.25, 0.3) is 11.4 Å². The summed E-state index contributed by atoms with van der Waals surface area (Å²) in [6, 6.07) is 4.08. The molecule has 1 aromatic heterocycles. The highest BCUT2D eigenvalue weighted by Crippen LogP contribution is 2.34. The predicted octanol–water partition coefficient (Wildman–Crippen LogP) is 3.46. The zero-order valence-corrected chi connectivity index (χ0v) is 13.6. The van der Waals surface area contributed by atoms with Gasteiger partial charge in [0, 0.05) is 11.3 Å². The summed E-state index contributed by atoms with van der Waals surface area (Å²) in [6.07, 6.45) is 3.00. The number of hydrogen-bond acceptors (Lipinski definition) is 4. The zero-order chi connectivity index (χ0) is 15.6. The van der Waals surface area contributed by atoms with E-state index in [1.807, 2.05) is 17.7 Å². The van der Waals surface area contributed by atoms with Crippen molar-refractivity contribution in [2.45, 2.75) is 59.4 Å². The van der Waals surface area contributed by atoms with Crippen LogP contribution in [0.4, 0.5) is 5.69 Å². The first-order valence-corrected chi connectivity index (χ1v) is 7.65. The Balaban J connectivity index is 2.63. The smallest absolute Gasteiger partial charge is 0.182 e. The minimum Gasteiger partial charge on any atom is -0.398 e. The van der Waals surface area contributed by atoms with E-state index in [4.69, 9.17) is 5.73 Å². The van der Waals surface area contributed by atoms with E-state index in [9.17, 15) is 0 Å². The van der Waals surface area contributed by atoms with Gasteiger partial charge in [0.25, 0.3) is 0 Å². The summed E-state index contributed by atoms with van der Waals surface area (Å²) in [5.41, 5.74) is 10.1. The molecule has 0 unspecified atom stereocenters. The van der Waals surface area contributed by atoms with Crippen molar-refractivity contribution in [1.82, 2.24) is 20.2 Å². The summed E-state index contributed by atoms with van der Waals surface area (Å²) in [6.45, 7) is 10.7. The van der Waals surface area contributed by atoms with Crippen LogP contribution in [0.15, 0.2) is 12.1 Å². The Morgan fingerprint density at radius 1 is 1.05 bits per heavy atom. The molecule has 0 fully saturated rings. The maximum atomic E-state index is 6.07. The molecule has 0 saturated heterocycles. The van der Waals surface area contributed by atoms with Gasteiger partial charge >= 0.3 is 0 Å². The van der Waals surface area contributed by atoms with Crippen LogP contribution in [0.1, 0.15) is 51.2 Å². The summed E-state index contributed by atoms with van der Waals surface area (Å²) < 4.78 is 1.99. The Bertz CT molecular complexity index is 617. The fourth-order valence-corrected chi connectivity index (χ4v) is 2.98. The average Bonchev–Trinajstić information content (AvgIpc) is 2.95. The fraction of sp³-hybridized carbons (Fsp3) is 0.562. The standard InChI is InChI=1S/C16H25N5/c1-6-16(7-2,8-3)21-15(18-19-20-21)13-10-14(17)12(5)9-11(13)4/h9-10H,6-8,17H2,1-5H3. The Morgan fingerprint density at radius 2 is 1.67 bits per heavy atom. The van der Waals surface area contributed by atoms with Crippen molar-refractivity contribution in [3.8, 4) is 11.4 Å². The molecule has 2 aromatic rings. The van der Waals surface area contributed by atoms with Crippen LogP contribution in [-0.4, -0.2) is 20.2 Å². The lowest BCUT2D eigenvalue weighted by atomic mass is 9.89. The van der Waals surface area contributed by atoms with Gasteiger partial charge in [-0.3, -0.25) is 0 Å². The molecule has 0 amide bonds. The predicted molar refractivity (Wildman–Crippen MR) is 86.0 cm³/mol. The highest BCUT2D eigenvalue weighted by Gasteiger charge is 2.31. The van der Waals surface area contributed by atoms with Gasteiger partial charge in [-0.1, -0.05) is 26.8 Å². The minimum atomic E-state index is -0.0368. The number of nitrogens with zero attached hydrogens (tertiary/aromatic N) is 4. The van der Waals surface area contributed by atoms with Crippen LogP contribution in [-0.2, 0) is 5.54 Å². The molecule has 0 atom stereocenters. The molecule has 0 aliphatic heterocycles. The number of rotatable bonds is 5. The molecule has 0 spiro atoms. The molecule has 0 aliphatic carbocycles. The van der Waals surface area contributed by atoms with E-state index in [1.165, 1.54) is 0 Å². The molecule has 114 valence electrons. The number of nitrogens with two attached hydrogens (primary N) is 1. The number of anilines is 1. The van der Waals surface area contributed by atoms with Crippen LogP contribution in [0, 0.1) is 13.8 Å². The Kier molecular flexibility index (Phi) is 4.30. The first-order chi connectivity index (χ1) is 9.99. The molecule has 5 heteroatoms. The number of benzene rings is 1. The average molecular weight is 287 g/mol. The molecule has 0 aliphatic rings. The maximum absolute atomic E-state index is 6.07. The van der Waals surface area contributed by atoms with E-state index < -0.39 is 0 Å². The molecule has 21 heavy (non-hydrogen) atoms. The summed E-state index contributed by atoms with van der Waals surface area (Å²) in [5.74, 6) is 0.810. The van der Waals surface area contributed by atoms with E-state index in [1.54, 1.807) is 0 Å². The van der Waals surface area contributed by atoms with Crippen molar-refractivity contribution >= 4 is 5.69 Å². The Morgan fingerprint density at radius 3 is 2.24 bits per heavy atom. The summed E-state index contributed by atoms with van der Waals surface area (Å²) in [7, 11) is 0. The Labute approximate surface area is 126 Å². The number of tetrazole rings is 1. The lowest BCUT2D eigenvalue weighted by Gasteiger charge is -2.31. The normalized spacial score (nSPS) is 11.9. The maximum Gasteiger partial charge on any atom is 0.182 e. The van der Waals surface area contributed by atoms with Crippen molar-refractivity contribution < 1.29 is 0 Å². The third kappa shape index (κ3) is 2.52. The third-order valence-corrected chi connectivity index (χ3v) is 4.75. The molecule has 2 N–H and O–H groups in total. The van der Waals surface area contributed by atoms with Gasteiger partial charge in [-0.25, -0.2) is 4.68 Å². The van der Waals surface area contributed by atoms with Gasteiger partial charge in [-0.05, 0) is 60.7 Å². The van der Waals surface area contributed by atoms with Gasteiger partial charge in [-0.2, -0.15) is 0 Å². The van der Waals surface area contributed by atoms with Crippen molar-refractivity contribution in [2.24, 2.45) is 0 Å². The summed E-state index contributed by atoms with van der Waals surface area (Å²) in [5, 5.41) is 12.5. The van der Waals surface area contributed by atoms with Crippen LogP contribution in [0.5, 0.6) is 0 Å². The molecule has 1 heterocycles. The van der Waals surface area contributed by atoms with Gasteiger partial charge in [0.15, 0.2) is 5.82 Å². The molecular formula is C16H25N5. The number of aryl methyl sites for hydroxylation is 2. The van der Waals surface area contributed by atoms with Crippen molar-refractivity contribution in [1.29, 1.82) is 0 Å². The first-order valence-electron chi connectivity index (χ1n) is 7.65. The van der Waals surface area contributed by atoms with Crippen molar-refractivity contribution in [3.05, 3.63) is 23.3 Å². The largest absolute Gasteiger partial charge is 0.398 e. The molecule has 2 rings (SSSR count). The second-order valence-electron chi connectivity index (χ2n) is 5.72. The van der Waals surface area contributed by atoms with Crippen LogP contribution in [0.2, 0.25) is 0 Å². The molecule has 0 saturated carbocycles. The second-order valence-corrected chi connectivity index (χ2v) is 5.72. The van der Waals surface area contributed by atoms with Gasteiger partial charge in [0.1, 0.15) is 0 Å². The monoisotopic (exact) mass is 287 g/mol. The number of nitrogen functional groups attached to an aromatic ring is 1. The van der Waals surface area contributed by atoms with Gasteiger partial charge in [0.2, 0.25) is 0 Å². The SMILES string of the molecule is CCC(CC)(CC)n1nnnc1-c1cc(N)c(C)cc1C. The quantitative estimate of drug-likeness (QED) is 0.855. The fourth-order valence-electron chi connectivity index (χ4n) is 2.98. The lowest BCUT2D eigenvalue weighted by Crippen LogP contribution is -2.33. The van der Waals surface area contributed by atoms with E-state index in [0.717, 1.165) is 47.5 Å². The van der Waals surface area contributed by atoms with Gasteiger partial charge in [0.05, 0.1) is 5.54 Å². The van der Waals surface area contributed by atoms with E-state index in [0.29, 0.717) is 0 Å². The molecule has 5 nitrogen and oxygen atoms in total. The topological polar surface area (TPSA) is 69.6 Å². The second kappa shape index (κ2) is 5.84. The summed E-state index contributed by atoms with van der Waals surface area (Å²) >= 11 is 0. The third-order valence-electron chi connectivity index (χ3n) is 4.75. The highest BCUT2D eigenvalue weighted by atomic mass is 15.6. The summed E-state index contributed by atoms with van der Waals surface area (Å²) in [4.78, 5) is 0. The molecule has 0 bridgehead atoms. The Hall–Kier alpha value is -1.91. The zero-order valence-electron chi connectivity index (χ0n) is 13.6. The minimum absolute atomic E-state index is 0.0368. The van der Waals surface area contributed by atoms with Crippen LogP contribution >= 0.6 is 0 Å². The molecular weight excluding hydrogens is 262 g/mol. The first kappa shape index (κ1) is 15.5. The van der Waals surface area contributed by atoms with E-state index >= 15 is 0 Å². The molecule has 0 radical (unpaired) electrons. The number of aromatic nitrogens is 4.